The number of halogens is 3. The number of nitrogens with one attached hydrogen (secondary N) is 2. The van der Waals surface area contributed by atoms with Crippen LogP contribution in [0.1, 0.15) is 47.7 Å². The monoisotopic (exact) mass is 515 g/mol. The van der Waals surface area contributed by atoms with Crippen LogP contribution in [0.3, 0.4) is 0 Å². The Kier molecular flexibility index (Phi) is 7.67. The van der Waals surface area contributed by atoms with E-state index in [4.69, 9.17) is 5.73 Å². The van der Waals surface area contributed by atoms with Crippen LogP contribution < -0.4 is 21.3 Å². The molecule has 0 spiro atoms. The number of pyridine rings is 2. The highest BCUT2D eigenvalue weighted by Crippen LogP contribution is 2.39. The number of anilines is 4. The normalized spacial score (nSPS) is 15.8. The predicted molar refractivity (Wildman–Crippen MR) is 139 cm³/mol. The molecule has 0 aromatic carbocycles. The SMILES string of the molecule is C[C@@H](Nc1ncc(N)c(C2CNc3ncc(C(F)(F)F)cc32)n1)c1ccc(N(C)CCCN(C)C)nc1. The average molecular weight is 516 g/mol. The molecule has 12 heteroatoms. The number of hydrogen-bond donors (Lipinski definition) is 3. The molecule has 0 radical (unpaired) electrons. The van der Waals surface area contributed by atoms with Gasteiger partial charge in [0.25, 0.3) is 0 Å². The zero-order valence-electron chi connectivity index (χ0n) is 21.3. The molecule has 198 valence electrons. The fourth-order valence-corrected chi connectivity index (χ4v) is 4.25. The second kappa shape index (κ2) is 10.8. The molecule has 0 saturated heterocycles. The third kappa shape index (κ3) is 6.19. The Morgan fingerprint density at radius 1 is 1.11 bits per heavy atom. The first-order valence-corrected chi connectivity index (χ1v) is 12.0. The topological polar surface area (TPSA) is 108 Å². The predicted octanol–water partition coefficient (Wildman–Crippen LogP) is 3.99. The second-order valence-corrected chi connectivity index (χ2v) is 9.52. The number of alkyl halides is 3. The van der Waals surface area contributed by atoms with E-state index in [1.54, 1.807) is 0 Å². The molecule has 3 aromatic heterocycles. The van der Waals surface area contributed by atoms with Gasteiger partial charge >= 0.3 is 6.18 Å². The number of aromatic nitrogens is 4. The van der Waals surface area contributed by atoms with Crippen LogP contribution in [0, 0.1) is 0 Å². The first-order valence-electron chi connectivity index (χ1n) is 12.0. The van der Waals surface area contributed by atoms with Crippen molar-refractivity contribution in [2.75, 3.05) is 62.0 Å². The van der Waals surface area contributed by atoms with Crippen molar-refractivity contribution in [3.8, 4) is 0 Å². The van der Waals surface area contributed by atoms with Crippen LogP contribution in [0.15, 0.2) is 36.8 Å². The molecule has 4 heterocycles. The van der Waals surface area contributed by atoms with Gasteiger partial charge in [0.1, 0.15) is 11.6 Å². The lowest BCUT2D eigenvalue weighted by Gasteiger charge is -2.21. The molecule has 3 aromatic rings. The summed E-state index contributed by atoms with van der Waals surface area (Å²) in [5.74, 6) is 1.14. The van der Waals surface area contributed by atoms with Gasteiger partial charge in [-0.1, -0.05) is 6.07 Å². The third-order valence-electron chi connectivity index (χ3n) is 6.38. The molecule has 0 bridgehead atoms. The standard InChI is InChI=1S/C25H32F3N9/c1-15(16-6-7-21(30-11-16)37(4)9-5-8-36(2)3)34-24-33-14-20(29)22(35-24)19-13-32-23-18(19)10-17(12-31-23)25(26,27)28/h6-7,10-12,14-15,19H,5,8-9,13,29H2,1-4H3,(H,31,32)(H,33,34,35)/t15-,19?/m1/s1. The number of rotatable bonds is 9. The fraction of sp³-hybridized carbons (Fsp3) is 0.440. The first kappa shape index (κ1) is 26.4. The van der Waals surface area contributed by atoms with E-state index >= 15 is 0 Å². The van der Waals surface area contributed by atoms with E-state index in [1.807, 2.05) is 32.3 Å². The van der Waals surface area contributed by atoms with Gasteiger partial charge in [-0.2, -0.15) is 13.2 Å². The fourth-order valence-electron chi connectivity index (χ4n) is 4.25. The first-order chi connectivity index (χ1) is 17.5. The Balaban J connectivity index is 1.47. The van der Waals surface area contributed by atoms with Gasteiger partial charge < -0.3 is 26.2 Å². The van der Waals surface area contributed by atoms with E-state index in [9.17, 15) is 13.2 Å². The van der Waals surface area contributed by atoms with E-state index < -0.39 is 17.7 Å². The molecular formula is C25H32F3N9. The molecule has 1 unspecified atom stereocenters. The minimum Gasteiger partial charge on any atom is -0.396 e. The van der Waals surface area contributed by atoms with Crippen LogP contribution >= 0.6 is 0 Å². The van der Waals surface area contributed by atoms with Gasteiger partial charge in [0, 0.05) is 44.0 Å². The summed E-state index contributed by atoms with van der Waals surface area (Å²) in [4.78, 5) is 21.7. The third-order valence-corrected chi connectivity index (χ3v) is 6.38. The lowest BCUT2D eigenvalue weighted by molar-refractivity contribution is -0.137. The maximum absolute atomic E-state index is 13.3. The van der Waals surface area contributed by atoms with Gasteiger partial charge in [0.05, 0.1) is 29.2 Å². The Bertz CT molecular complexity index is 1220. The highest BCUT2D eigenvalue weighted by molar-refractivity contribution is 5.60. The quantitative estimate of drug-likeness (QED) is 0.390. The lowest BCUT2D eigenvalue weighted by atomic mass is 9.97. The van der Waals surface area contributed by atoms with Crippen molar-refractivity contribution >= 4 is 23.3 Å². The van der Waals surface area contributed by atoms with Crippen LogP contribution in [0.25, 0.3) is 0 Å². The van der Waals surface area contributed by atoms with Gasteiger partial charge in [-0.05, 0) is 51.7 Å². The maximum atomic E-state index is 13.3. The van der Waals surface area contributed by atoms with E-state index in [0.29, 0.717) is 35.3 Å². The summed E-state index contributed by atoms with van der Waals surface area (Å²) < 4.78 is 39.8. The highest BCUT2D eigenvalue weighted by atomic mass is 19.4. The van der Waals surface area contributed by atoms with Gasteiger partial charge in [-0.3, -0.25) is 0 Å². The minimum atomic E-state index is -4.49. The van der Waals surface area contributed by atoms with E-state index in [2.05, 4.69) is 54.5 Å². The van der Waals surface area contributed by atoms with Gasteiger partial charge in [-0.15, -0.1) is 0 Å². The van der Waals surface area contributed by atoms with Crippen LogP contribution in [0.4, 0.5) is 36.4 Å². The van der Waals surface area contributed by atoms with Crippen molar-refractivity contribution in [2.24, 2.45) is 0 Å². The molecule has 1 aliphatic heterocycles. The smallest absolute Gasteiger partial charge is 0.396 e. The molecule has 0 fully saturated rings. The molecule has 2 atom stereocenters. The number of nitrogens with two attached hydrogens (primary N) is 1. The average Bonchev–Trinajstić information content (AvgIpc) is 3.27. The summed E-state index contributed by atoms with van der Waals surface area (Å²) in [6.45, 7) is 4.21. The van der Waals surface area contributed by atoms with Crippen LogP contribution in [-0.4, -0.2) is 65.6 Å². The molecule has 9 nitrogen and oxygen atoms in total. The molecule has 1 aliphatic rings. The molecule has 0 saturated carbocycles. The molecule has 0 amide bonds. The Morgan fingerprint density at radius 2 is 1.89 bits per heavy atom. The van der Waals surface area contributed by atoms with Crippen molar-refractivity contribution < 1.29 is 13.2 Å². The van der Waals surface area contributed by atoms with Gasteiger partial charge in [-0.25, -0.2) is 19.9 Å². The lowest BCUT2D eigenvalue weighted by Crippen LogP contribution is -2.24. The maximum Gasteiger partial charge on any atom is 0.417 e. The van der Waals surface area contributed by atoms with Crippen molar-refractivity contribution in [2.45, 2.75) is 31.5 Å². The molecule has 4 rings (SSSR count). The molecule has 4 N–H and O–H groups in total. The summed E-state index contributed by atoms with van der Waals surface area (Å²) >= 11 is 0. The number of fused-ring (bicyclic) bond motifs is 1. The van der Waals surface area contributed by atoms with Gasteiger partial charge in [0.2, 0.25) is 5.95 Å². The Morgan fingerprint density at radius 3 is 2.57 bits per heavy atom. The Hall–Kier alpha value is -3.67. The number of hydrogen-bond acceptors (Lipinski definition) is 9. The second-order valence-electron chi connectivity index (χ2n) is 9.52. The molecular weight excluding hydrogens is 483 g/mol. The Labute approximate surface area is 214 Å². The zero-order valence-corrected chi connectivity index (χ0v) is 21.3. The van der Waals surface area contributed by atoms with Crippen LogP contribution in [-0.2, 0) is 6.18 Å². The van der Waals surface area contributed by atoms with Crippen LogP contribution in [0.2, 0.25) is 0 Å². The van der Waals surface area contributed by atoms with E-state index in [0.717, 1.165) is 43.2 Å². The summed E-state index contributed by atoms with van der Waals surface area (Å²) in [5, 5.41) is 6.30. The number of nitrogen functional groups attached to an aromatic ring is 1. The summed E-state index contributed by atoms with van der Waals surface area (Å²) in [5.41, 5.74) is 7.45. The molecule has 37 heavy (non-hydrogen) atoms. The van der Waals surface area contributed by atoms with Crippen molar-refractivity contribution in [3.05, 3.63) is 59.2 Å². The van der Waals surface area contributed by atoms with Crippen molar-refractivity contribution in [1.29, 1.82) is 0 Å². The van der Waals surface area contributed by atoms with E-state index in [-0.39, 0.29) is 6.04 Å². The summed E-state index contributed by atoms with van der Waals surface area (Å²) in [6, 6.07) is 4.92. The van der Waals surface area contributed by atoms with Gasteiger partial charge in [0.15, 0.2) is 0 Å². The van der Waals surface area contributed by atoms with E-state index in [1.165, 1.54) is 6.20 Å². The zero-order chi connectivity index (χ0) is 26.7. The summed E-state index contributed by atoms with van der Waals surface area (Å²) in [6.07, 6.45) is 0.665. The van der Waals surface area contributed by atoms with Crippen molar-refractivity contribution in [1.82, 2.24) is 24.8 Å². The van der Waals surface area contributed by atoms with Crippen molar-refractivity contribution in [3.63, 3.8) is 0 Å². The number of nitrogens with zero attached hydrogens (tertiary/aromatic N) is 6. The largest absolute Gasteiger partial charge is 0.417 e. The minimum absolute atomic E-state index is 0.162. The van der Waals surface area contributed by atoms with Crippen LogP contribution in [0.5, 0.6) is 0 Å². The summed E-state index contributed by atoms with van der Waals surface area (Å²) in [7, 11) is 6.13. The molecule has 0 aliphatic carbocycles. The highest BCUT2D eigenvalue weighted by Gasteiger charge is 2.35.